The highest BCUT2D eigenvalue weighted by Crippen LogP contribution is 2.39. The molecule has 1 aliphatic rings. The number of nitrogens with zero attached hydrogens (tertiary/aromatic N) is 1. The summed E-state index contributed by atoms with van der Waals surface area (Å²) < 4.78 is 16.7. The standard InChI is InChI=1S/C26H28N2O6/c1-5-33-18-11-9-16(10-12-18)22-21(24(30)26(31)28(22)14-13-27(2)3)23(29)20-15-17-7-6-8-19(32-4)25(17)34-20/h6-12,15,22,30H,5,13-14H2,1-4H3. The lowest BCUT2D eigenvalue weighted by molar-refractivity contribution is -0.857. The third kappa shape index (κ3) is 4.24. The quantitative estimate of drug-likeness (QED) is 0.481. The first-order chi connectivity index (χ1) is 16.3. The Kier molecular flexibility index (Phi) is 6.61. The second-order valence-corrected chi connectivity index (χ2v) is 8.42. The molecule has 0 bridgehead atoms. The average molecular weight is 465 g/mol. The van der Waals surface area contributed by atoms with E-state index in [2.05, 4.69) is 0 Å². The SMILES string of the molecule is CCOc1ccc(C2C(C(=O)c3cc4cccc(OC)c4o3)=C([O-])C(=O)N2CC[NH+](C)C)cc1. The molecule has 1 unspecified atom stereocenters. The Bertz CT molecular complexity index is 1240. The Morgan fingerprint density at radius 1 is 1.18 bits per heavy atom. The molecule has 0 saturated carbocycles. The Morgan fingerprint density at radius 2 is 1.91 bits per heavy atom. The number of benzene rings is 2. The number of nitrogens with one attached hydrogen (secondary N) is 1. The lowest BCUT2D eigenvalue weighted by atomic mass is 9.95. The monoisotopic (exact) mass is 464 g/mol. The van der Waals surface area contributed by atoms with Crippen molar-refractivity contribution in [2.45, 2.75) is 13.0 Å². The van der Waals surface area contributed by atoms with Crippen molar-refractivity contribution in [2.24, 2.45) is 0 Å². The molecule has 0 radical (unpaired) electrons. The Morgan fingerprint density at radius 3 is 2.56 bits per heavy atom. The van der Waals surface area contributed by atoms with Crippen molar-refractivity contribution in [1.82, 2.24) is 4.90 Å². The third-order valence-corrected chi connectivity index (χ3v) is 5.84. The van der Waals surface area contributed by atoms with Crippen LogP contribution in [0.3, 0.4) is 0 Å². The number of hydrogen-bond acceptors (Lipinski definition) is 6. The minimum absolute atomic E-state index is 0.00771. The zero-order valence-corrected chi connectivity index (χ0v) is 19.7. The number of para-hydroxylation sites is 1. The Hall–Kier alpha value is -3.78. The van der Waals surface area contributed by atoms with Crippen LogP contribution >= 0.6 is 0 Å². The van der Waals surface area contributed by atoms with Crippen LogP contribution in [0, 0.1) is 0 Å². The number of ketones is 1. The molecular weight excluding hydrogens is 436 g/mol. The van der Waals surface area contributed by atoms with Crippen LogP contribution in [0.4, 0.5) is 0 Å². The van der Waals surface area contributed by atoms with Crippen molar-refractivity contribution in [3.8, 4) is 11.5 Å². The average Bonchev–Trinajstić information content (AvgIpc) is 3.37. The molecule has 2 aromatic carbocycles. The molecule has 4 rings (SSSR count). The summed E-state index contributed by atoms with van der Waals surface area (Å²) >= 11 is 0. The summed E-state index contributed by atoms with van der Waals surface area (Å²) in [4.78, 5) is 29.2. The number of Topliss-reactive ketones (excluding diaryl/α,β-unsaturated/α-hetero) is 1. The number of likely N-dealkylation sites (N-methyl/N-ethyl adjacent to an activating group) is 1. The highest BCUT2D eigenvalue weighted by Gasteiger charge is 2.40. The summed E-state index contributed by atoms with van der Waals surface area (Å²) in [6.07, 6.45) is 0. The van der Waals surface area contributed by atoms with Gasteiger partial charge in [0.05, 0.1) is 46.9 Å². The molecule has 0 aliphatic carbocycles. The van der Waals surface area contributed by atoms with Crippen molar-refractivity contribution < 1.29 is 33.5 Å². The predicted octanol–water partition coefficient (Wildman–Crippen LogP) is 1.37. The van der Waals surface area contributed by atoms with E-state index in [4.69, 9.17) is 13.9 Å². The fourth-order valence-corrected chi connectivity index (χ4v) is 4.15. The molecule has 0 saturated heterocycles. The number of furan rings is 1. The van der Waals surface area contributed by atoms with E-state index in [1.165, 1.54) is 12.0 Å². The molecule has 1 atom stereocenters. The lowest BCUT2D eigenvalue weighted by Gasteiger charge is -2.28. The van der Waals surface area contributed by atoms with E-state index < -0.39 is 23.5 Å². The first-order valence-corrected chi connectivity index (χ1v) is 11.2. The van der Waals surface area contributed by atoms with Gasteiger partial charge in [-0.25, -0.2) is 0 Å². The van der Waals surface area contributed by atoms with Crippen LogP contribution in [0.1, 0.15) is 29.1 Å². The summed E-state index contributed by atoms with van der Waals surface area (Å²) in [7, 11) is 5.44. The van der Waals surface area contributed by atoms with Gasteiger partial charge < -0.3 is 28.8 Å². The minimum Gasteiger partial charge on any atom is -0.868 e. The summed E-state index contributed by atoms with van der Waals surface area (Å²) in [5, 5.41) is 13.8. The fraction of sp³-hybridized carbons (Fsp3) is 0.308. The second kappa shape index (κ2) is 9.61. The topological polar surface area (TPSA) is 96.5 Å². The van der Waals surface area contributed by atoms with E-state index in [-0.39, 0.29) is 11.3 Å². The molecule has 1 aromatic heterocycles. The van der Waals surface area contributed by atoms with Gasteiger partial charge in [0.1, 0.15) is 5.75 Å². The molecule has 178 valence electrons. The summed E-state index contributed by atoms with van der Waals surface area (Å²) in [6, 6.07) is 13.2. The molecule has 34 heavy (non-hydrogen) atoms. The van der Waals surface area contributed by atoms with E-state index in [1.807, 2.05) is 21.0 Å². The molecule has 0 fully saturated rings. The normalized spacial score (nSPS) is 16.1. The van der Waals surface area contributed by atoms with Crippen molar-refractivity contribution in [3.05, 3.63) is 71.2 Å². The van der Waals surface area contributed by atoms with Gasteiger partial charge in [0.2, 0.25) is 11.7 Å². The van der Waals surface area contributed by atoms with E-state index in [1.54, 1.807) is 48.5 Å². The number of amides is 1. The van der Waals surface area contributed by atoms with Crippen LogP contribution < -0.4 is 19.5 Å². The fourth-order valence-electron chi connectivity index (χ4n) is 4.15. The van der Waals surface area contributed by atoms with Crippen molar-refractivity contribution in [1.29, 1.82) is 0 Å². The smallest absolute Gasteiger partial charge is 0.240 e. The van der Waals surface area contributed by atoms with Crippen molar-refractivity contribution >= 4 is 22.7 Å². The zero-order valence-electron chi connectivity index (χ0n) is 19.7. The molecule has 0 spiro atoms. The largest absolute Gasteiger partial charge is 0.868 e. The van der Waals surface area contributed by atoms with E-state index in [0.29, 0.717) is 47.7 Å². The van der Waals surface area contributed by atoms with Gasteiger partial charge in [-0.15, -0.1) is 0 Å². The predicted molar refractivity (Wildman–Crippen MR) is 124 cm³/mol. The minimum atomic E-state index is -0.808. The van der Waals surface area contributed by atoms with Crippen LogP contribution in [0.15, 0.2) is 64.3 Å². The van der Waals surface area contributed by atoms with Gasteiger partial charge in [-0.3, -0.25) is 9.59 Å². The maximum atomic E-state index is 13.6. The molecule has 8 heteroatoms. The first-order valence-electron chi connectivity index (χ1n) is 11.2. The van der Waals surface area contributed by atoms with Crippen LogP contribution in [0.5, 0.6) is 11.5 Å². The van der Waals surface area contributed by atoms with E-state index in [9.17, 15) is 14.7 Å². The molecule has 1 amide bonds. The second-order valence-electron chi connectivity index (χ2n) is 8.42. The molecule has 3 aromatic rings. The number of fused-ring (bicyclic) bond motifs is 1. The highest BCUT2D eigenvalue weighted by atomic mass is 16.5. The van der Waals surface area contributed by atoms with Crippen molar-refractivity contribution in [2.75, 3.05) is 40.9 Å². The van der Waals surface area contributed by atoms with Crippen LogP contribution in [-0.2, 0) is 4.79 Å². The lowest BCUT2D eigenvalue weighted by Crippen LogP contribution is -3.06. The van der Waals surface area contributed by atoms with Gasteiger partial charge in [0, 0.05) is 11.0 Å². The van der Waals surface area contributed by atoms with Crippen molar-refractivity contribution in [3.63, 3.8) is 0 Å². The van der Waals surface area contributed by atoms with E-state index >= 15 is 0 Å². The van der Waals surface area contributed by atoms with Gasteiger partial charge >= 0.3 is 0 Å². The van der Waals surface area contributed by atoms with Gasteiger partial charge in [0.15, 0.2) is 17.1 Å². The molecule has 2 heterocycles. The Labute approximate surface area is 198 Å². The number of carbonyl (C=O) groups is 2. The number of ether oxygens (including phenoxy) is 2. The maximum absolute atomic E-state index is 13.6. The summed E-state index contributed by atoms with van der Waals surface area (Å²) in [5.74, 6) is -0.943. The van der Waals surface area contributed by atoms with Gasteiger partial charge in [-0.2, -0.15) is 0 Å². The number of rotatable bonds is 9. The van der Waals surface area contributed by atoms with Gasteiger partial charge in [0.25, 0.3) is 0 Å². The van der Waals surface area contributed by atoms with Crippen LogP contribution in [-0.4, -0.2) is 57.5 Å². The molecule has 1 N–H and O–H groups in total. The number of hydrogen-bond donors (Lipinski definition) is 1. The number of carbonyl (C=O) groups excluding carboxylic acids is 2. The van der Waals surface area contributed by atoms with Gasteiger partial charge in [-0.1, -0.05) is 24.3 Å². The maximum Gasteiger partial charge on any atom is 0.240 e. The summed E-state index contributed by atoms with van der Waals surface area (Å²) in [5.41, 5.74) is 0.964. The number of quaternary nitrogens is 1. The Balaban J connectivity index is 1.77. The first kappa shape index (κ1) is 23.4. The van der Waals surface area contributed by atoms with Crippen LogP contribution in [0.2, 0.25) is 0 Å². The highest BCUT2D eigenvalue weighted by molar-refractivity contribution is 6.16. The number of methoxy groups -OCH3 is 1. The molecule has 8 nitrogen and oxygen atoms in total. The van der Waals surface area contributed by atoms with Crippen LogP contribution in [0.25, 0.3) is 11.0 Å². The summed E-state index contributed by atoms with van der Waals surface area (Å²) in [6.45, 7) is 3.36. The zero-order chi connectivity index (χ0) is 24.4. The van der Waals surface area contributed by atoms with E-state index in [0.717, 1.165) is 4.90 Å². The van der Waals surface area contributed by atoms with Gasteiger partial charge in [-0.05, 0) is 42.5 Å². The third-order valence-electron chi connectivity index (χ3n) is 5.84. The molecular formula is C26H28N2O6. The molecule has 1 aliphatic heterocycles.